The lowest BCUT2D eigenvalue weighted by Crippen LogP contribution is -1.97. The average Bonchev–Trinajstić information content (AvgIpc) is 3.33. The topological polar surface area (TPSA) is 43.1 Å². The lowest BCUT2D eigenvalue weighted by atomic mass is 10.2. The van der Waals surface area contributed by atoms with Gasteiger partial charge >= 0.3 is 0 Å². The minimum Gasteiger partial charge on any atom is -0.248 e. The molecular weight excluding hydrogens is 368 g/mol. The highest BCUT2D eigenvalue weighted by Crippen LogP contribution is 2.40. The van der Waals surface area contributed by atoms with Gasteiger partial charge in [-0.25, -0.2) is 9.38 Å². The van der Waals surface area contributed by atoms with Crippen molar-refractivity contribution in [2.45, 2.75) is 35.3 Å². The van der Waals surface area contributed by atoms with Crippen LogP contribution in [0.3, 0.4) is 0 Å². The first kappa shape index (κ1) is 15.7. The number of hydrogen-bond donors (Lipinski definition) is 0. The molecule has 0 aliphatic heterocycles. The summed E-state index contributed by atoms with van der Waals surface area (Å²) in [6, 6.07) is 10.5. The monoisotopic (exact) mass is 384 g/mol. The maximum Gasteiger partial charge on any atom is 0.198 e. The molecule has 1 aliphatic carbocycles. The van der Waals surface area contributed by atoms with Crippen molar-refractivity contribution in [1.82, 2.24) is 19.6 Å². The molecule has 25 heavy (non-hydrogen) atoms. The Kier molecular flexibility index (Phi) is 3.95. The fourth-order valence-corrected chi connectivity index (χ4v) is 6.19. The Morgan fingerprint density at radius 1 is 1.12 bits per heavy atom. The second-order valence-electron chi connectivity index (χ2n) is 6.05. The summed E-state index contributed by atoms with van der Waals surface area (Å²) >= 11 is 5.22. The van der Waals surface area contributed by atoms with Gasteiger partial charge in [-0.05, 0) is 36.6 Å². The predicted molar refractivity (Wildman–Crippen MR) is 106 cm³/mol. The van der Waals surface area contributed by atoms with Crippen molar-refractivity contribution in [3.8, 4) is 0 Å². The number of nitrogens with zero attached hydrogens (tertiary/aromatic N) is 4. The van der Waals surface area contributed by atoms with E-state index in [1.807, 2.05) is 17.4 Å². The van der Waals surface area contributed by atoms with Crippen LogP contribution in [0.4, 0.5) is 0 Å². The maximum absolute atomic E-state index is 4.92. The van der Waals surface area contributed by atoms with Crippen LogP contribution < -0.4 is 0 Å². The van der Waals surface area contributed by atoms with Gasteiger partial charge in [0.15, 0.2) is 16.0 Å². The minimum absolute atomic E-state index is 0.884. The van der Waals surface area contributed by atoms with Crippen molar-refractivity contribution >= 4 is 50.7 Å². The second-order valence-corrected chi connectivity index (χ2v) is 8.85. The van der Waals surface area contributed by atoms with E-state index in [0.717, 1.165) is 33.0 Å². The summed E-state index contributed by atoms with van der Waals surface area (Å²) in [5.74, 6) is 0.884. The number of thiophene rings is 1. The minimum atomic E-state index is 0.884. The Hall–Kier alpha value is -1.57. The quantitative estimate of drug-likeness (QED) is 0.372. The molecule has 0 saturated carbocycles. The van der Waals surface area contributed by atoms with Crippen molar-refractivity contribution in [2.24, 2.45) is 0 Å². The van der Waals surface area contributed by atoms with E-state index in [0.29, 0.717) is 0 Å². The summed E-state index contributed by atoms with van der Waals surface area (Å²) in [5, 5.41) is 12.2. The number of rotatable bonds is 4. The summed E-state index contributed by atoms with van der Waals surface area (Å²) in [7, 11) is 0. The molecule has 7 heteroatoms. The molecule has 1 aliphatic rings. The van der Waals surface area contributed by atoms with Gasteiger partial charge in [0.1, 0.15) is 4.83 Å². The third kappa shape index (κ3) is 2.56. The molecule has 3 heterocycles. The molecule has 4 nitrogen and oxygen atoms in total. The molecule has 3 aromatic heterocycles. The van der Waals surface area contributed by atoms with Crippen molar-refractivity contribution in [2.75, 3.05) is 6.26 Å². The van der Waals surface area contributed by atoms with Gasteiger partial charge in [0.05, 0.1) is 5.39 Å². The Bertz CT molecular complexity index is 1070. The standard InChI is InChI=1S/C18H16N4S3/c1-23-17-19-16-14(12-8-5-9-13(12)25-16)15-20-21-18(22(15)17)24-10-11-6-3-2-4-7-11/h2-4,6-7H,5,8-10H2,1H3. The van der Waals surface area contributed by atoms with Gasteiger partial charge in [-0.15, -0.1) is 21.5 Å². The smallest absolute Gasteiger partial charge is 0.198 e. The Morgan fingerprint density at radius 2 is 2.00 bits per heavy atom. The first-order valence-corrected chi connectivity index (χ1v) is 11.3. The van der Waals surface area contributed by atoms with Crippen LogP contribution in [-0.2, 0) is 18.6 Å². The SMILES string of the molecule is CSc1nc2sc3c(c2c2nnc(SCc4ccccc4)n12)CCC3. The van der Waals surface area contributed by atoms with Crippen LogP contribution in [0.15, 0.2) is 40.6 Å². The highest BCUT2D eigenvalue weighted by atomic mass is 32.2. The Balaban J connectivity index is 1.64. The van der Waals surface area contributed by atoms with Crippen molar-refractivity contribution in [1.29, 1.82) is 0 Å². The van der Waals surface area contributed by atoms with Crippen molar-refractivity contribution in [3.63, 3.8) is 0 Å². The van der Waals surface area contributed by atoms with Crippen LogP contribution in [0, 0.1) is 0 Å². The Morgan fingerprint density at radius 3 is 2.84 bits per heavy atom. The molecule has 0 bridgehead atoms. The summed E-state index contributed by atoms with van der Waals surface area (Å²) in [6.07, 6.45) is 5.64. The molecular formula is C18H16N4S3. The second kappa shape index (κ2) is 6.30. The van der Waals surface area contributed by atoms with Gasteiger partial charge in [0, 0.05) is 10.6 Å². The van der Waals surface area contributed by atoms with Gasteiger partial charge in [-0.1, -0.05) is 53.9 Å². The van der Waals surface area contributed by atoms with E-state index in [2.05, 4.69) is 45.1 Å². The molecule has 0 atom stereocenters. The van der Waals surface area contributed by atoms with E-state index in [4.69, 9.17) is 4.98 Å². The average molecular weight is 385 g/mol. The lowest BCUT2D eigenvalue weighted by molar-refractivity contribution is 0.818. The third-order valence-corrected chi connectivity index (χ3v) is 7.37. The molecule has 0 amide bonds. The summed E-state index contributed by atoms with van der Waals surface area (Å²) in [6.45, 7) is 0. The molecule has 1 aromatic carbocycles. The zero-order chi connectivity index (χ0) is 16.8. The Labute approximate surface area is 158 Å². The highest BCUT2D eigenvalue weighted by Gasteiger charge is 2.24. The molecule has 0 fully saturated rings. The molecule has 0 saturated heterocycles. The van der Waals surface area contributed by atoms with Gasteiger partial charge < -0.3 is 0 Å². The van der Waals surface area contributed by atoms with E-state index in [9.17, 15) is 0 Å². The molecule has 0 radical (unpaired) electrons. The fraction of sp³-hybridized carbons (Fsp3) is 0.278. The van der Waals surface area contributed by atoms with Crippen LogP contribution in [-0.4, -0.2) is 25.8 Å². The van der Waals surface area contributed by atoms with Crippen molar-refractivity contribution in [3.05, 3.63) is 46.3 Å². The van der Waals surface area contributed by atoms with Crippen LogP contribution in [0.5, 0.6) is 0 Å². The number of thioether (sulfide) groups is 2. The first-order valence-electron chi connectivity index (χ1n) is 8.25. The number of aromatic nitrogens is 4. The molecule has 4 aromatic rings. The predicted octanol–water partition coefficient (Wildman–Crippen LogP) is 4.84. The zero-order valence-electron chi connectivity index (χ0n) is 13.7. The molecule has 0 N–H and O–H groups in total. The van der Waals surface area contributed by atoms with E-state index >= 15 is 0 Å². The number of aryl methyl sites for hydroxylation is 2. The number of benzene rings is 1. The van der Waals surface area contributed by atoms with Gasteiger partial charge in [-0.2, -0.15) is 0 Å². The maximum atomic E-state index is 4.92. The van der Waals surface area contributed by atoms with Crippen LogP contribution in [0.1, 0.15) is 22.4 Å². The summed E-state index contributed by atoms with van der Waals surface area (Å²) in [4.78, 5) is 7.53. The fourth-order valence-electron chi connectivity index (χ4n) is 3.39. The highest BCUT2D eigenvalue weighted by molar-refractivity contribution is 7.99. The van der Waals surface area contributed by atoms with Gasteiger partial charge in [-0.3, -0.25) is 0 Å². The van der Waals surface area contributed by atoms with E-state index in [1.165, 1.54) is 34.2 Å². The normalized spacial score (nSPS) is 13.8. The van der Waals surface area contributed by atoms with Gasteiger partial charge in [0.25, 0.3) is 0 Å². The molecule has 0 unspecified atom stereocenters. The van der Waals surface area contributed by atoms with Crippen molar-refractivity contribution < 1.29 is 0 Å². The number of fused-ring (bicyclic) bond motifs is 5. The van der Waals surface area contributed by atoms with E-state index < -0.39 is 0 Å². The number of hydrogen-bond acceptors (Lipinski definition) is 6. The molecule has 126 valence electrons. The first-order chi connectivity index (χ1) is 12.3. The third-order valence-electron chi connectivity index (χ3n) is 4.54. The van der Waals surface area contributed by atoms with Crippen LogP contribution in [0.2, 0.25) is 0 Å². The van der Waals surface area contributed by atoms with Gasteiger partial charge in [0.2, 0.25) is 0 Å². The zero-order valence-corrected chi connectivity index (χ0v) is 16.2. The molecule has 0 spiro atoms. The van der Waals surface area contributed by atoms with Crippen LogP contribution >= 0.6 is 34.9 Å². The largest absolute Gasteiger partial charge is 0.248 e. The van der Waals surface area contributed by atoms with E-state index in [-0.39, 0.29) is 0 Å². The van der Waals surface area contributed by atoms with Crippen LogP contribution in [0.25, 0.3) is 15.9 Å². The van der Waals surface area contributed by atoms with E-state index in [1.54, 1.807) is 23.5 Å². The summed E-state index contributed by atoms with van der Waals surface area (Å²) < 4.78 is 2.14. The lowest BCUT2D eigenvalue weighted by Gasteiger charge is -2.06. The molecule has 5 rings (SSSR count). The summed E-state index contributed by atoms with van der Waals surface area (Å²) in [5.41, 5.74) is 3.72.